The second kappa shape index (κ2) is 6.03. The molecule has 0 spiro atoms. The van der Waals surface area contributed by atoms with Gasteiger partial charge in [-0.05, 0) is 23.3 Å². The highest BCUT2D eigenvalue weighted by Gasteiger charge is 2.38. The van der Waals surface area contributed by atoms with Gasteiger partial charge >= 0.3 is 6.09 Å². The molecule has 126 valence electrons. The zero-order chi connectivity index (χ0) is 17.3. The number of fused-ring (bicyclic) bond motifs is 1. The fourth-order valence-corrected chi connectivity index (χ4v) is 2.94. The molecule has 1 aliphatic rings. The molecule has 2 aromatic rings. The van der Waals surface area contributed by atoms with Crippen LogP contribution in [0.3, 0.4) is 0 Å². The Balaban J connectivity index is 2.00. The minimum Gasteiger partial charge on any atom is -0.493 e. The summed E-state index contributed by atoms with van der Waals surface area (Å²) in [4.78, 5) is 15.3. The molecule has 0 fully saturated rings. The second-order valence-electron chi connectivity index (χ2n) is 6.50. The number of carbonyl (C=O) groups is 1. The van der Waals surface area contributed by atoms with E-state index in [4.69, 9.17) is 14.6 Å². The summed E-state index contributed by atoms with van der Waals surface area (Å²) in [7, 11) is 1.58. The van der Waals surface area contributed by atoms with Crippen LogP contribution in [0.1, 0.15) is 25.5 Å². The first-order chi connectivity index (χ1) is 11.4. The minimum atomic E-state index is -1.04. The van der Waals surface area contributed by atoms with E-state index in [2.05, 4.69) is 10.3 Å². The molecule has 6 heteroatoms. The van der Waals surface area contributed by atoms with Gasteiger partial charge in [0.15, 0.2) is 0 Å². The number of amides is 1. The molecule has 3 rings (SSSR count). The van der Waals surface area contributed by atoms with Crippen LogP contribution < -0.4 is 14.8 Å². The Morgan fingerprint density at radius 3 is 2.79 bits per heavy atom. The molecule has 1 unspecified atom stereocenters. The molecule has 1 aromatic heterocycles. The molecule has 1 aliphatic heterocycles. The zero-order valence-corrected chi connectivity index (χ0v) is 13.9. The normalized spacial score (nSPS) is 18.2. The van der Waals surface area contributed by atoms with Gasteiger partial charge in [0, 0.05) is 23.2 Å². The molecule has 1 atom stereocenters. The number of hydrogen-bond donors (Lipinski definition) is 2. The van der Waals surface area contributed by atoms with Crippen molar-refractivity contribution in [3.63, 3.8) is 0 Å². The fraction of sp³-hybridized carbons (Fsp3) is 0.333. The summed E-state index contributed by atoms with van der Waals surface area (Å²) in [5, 5.41) is 11.8. The number of benzene rings is 1. The number of ether oxygens (including phenoxy) is 2. The summed E-state index contributed by atoms with van der Waals surface area (Å²) in [5.41, 5.74) is 2.44. The van der Waals surface area contributed by atoms with Gasteiger partial charge in [0.2, 0.25) is 5.88 Å². The maximum absolute atomic E-state index is 11.2. The first-order valence-corrected chi connectivity index (χ1v) is 7.67. The maximum Gasteiger partial charge on any atom is 0.405 e. The highest BCUT2D eigenvalue weighted by Crippen LogP contribution is 2.44. The Kier molecular flexibility index (Phi) is 4.05. The number of rotatable bonds is 3. The van der Waals surface area contributed by atoms with Crippen LogP contribution in [0.5, 0.6) is 11.6 Å². The molecule has 1 aromatic carbocycles. The molecule has 0 saturated carbocycles. The van der Waals surface area contributed by atoms with Crippen LogP contribution in [-0.4, -0.2) is 29.9 Å². The number of carboxylic acid groups (broad SMARTS) is 1. The van der Waals surface area contributed by atoms with Crippen LogP contribution in [0.4, 0.5) is 4.79 Å². The molecule has 2 heterocycles. The summed E-state index contributed by atoms with van der Waals surface area (Å²) in [6.07, 6.45) is 0.649. The van der Waals surface area contributed by atoms with Crippen molar-refractivity contribution in [2.24, 2.45) is 5.41 Å². The van der Waals surface area contributed by atoms with Gasteiger partial charge < -0.3 is 19.9 Å². The molecule has 2 N–H and O–H groups in total. The monoisotopic (exact) mass is 328 g/mol. The third-order valence-corrected chi connectivity index (χ3v) is 4.25. The van der Waals surface area contributed by atoms with E-state index in [1.54, 1.807) is 13.3 Å². The average Bonchev–Trinajstić information content (AvgIpc) is 2.57. The molecule has 0 aliphatic carbocycles. The van der Waals surface area contributed by atoms with E-state index in [0.29, 0.717) is 18.2 Å². The van der Waals surface area contributed by atoms with Gasteiger partial charge in [-0.2, -0.15) is 0 Å². The number of nitrogens with one attached hydrogen (secondary N) is 1. The summed E-state index contributed by atoms with van der Waals surface area (Å²) in [6, 6.07) is 9.22. The number of nitrogens with zero attached hydrogens (tertiary/aromatic N) is 1. The van der Waals surface area contributed by atoms with E-state index < -0.39 is 6.09 Å². The van der Waals surface area contributed by atoms with E-state index in [-0.39, 0.29) is 11.5 Å². The van der Waals surface area contributed by atoms with Gasteiger partial charge in [0.05, 0.1) is 19.8 Å². The lowest BCUT2D eigenvalue weighted by Gasteiger charge is -2.39. The standard InChI is InChI=1S/C18H20N2O4/c1-18(2)10-24-14-8-11(12-6-7-19-15(9-12)23-3)4-5-13(14)16(18)20-17(21)22/h4-9,16,20H,10H2,1-3H3,(H,21,22). The first kappa shape index (κ1) is 16.1. The van der Waals surface area contributed by atoms with Crippen molar-refractivity contribution in [1.82, 2.24) is 10.3 Å². The molecular formula is C18H20N2O4. The Morgan fingerprint density at radius 1 is 1.33 bits per heavy atom. The van der Waals surface area contributed by atoms with Crippen LogP contribution >= 0.6 is 0 Å². The zero-order valence-electron chi connectivity index (χ0n) is 13.9. The predicted molar refractivity (Wildman–Crippen MR) is 89.4 cm³/mol. The Morgan fingerprint density at radius 2 is 2.08 bits per heavy atom. The van der Waals surface area contributed by atoms with Crippen molar-refractivity contribution in [3.8, 4) is 22.8 Å². The van der Waals surface area contributed by atoms with Crippen LogP contribution in [0.15, 0.2) is 36.5 Å². The van der Waals surface area contributed by atoms with Crippen LogP contribution in [-0.2, 0) is 0 Å². The SMILES string of the molecule is COc1cc(-c2ccc3c(c2)OCC(C)(C)C3NC(=O)O)ccn1. The van der Waals surface area contributed by atoms with Crippen molar-refractivity contribution >= 4 is 6.09 Å². The van der Waals surface area contributed by atoms with Gasteiger partial charge in [0.25, 0.3) is 0 Å². The molecule has 1 amide bonds. The fourth-order valence-electron chi connectivity index (χ4n) is 2.94. The van der Waals surface area contributed by atoms with Gasteiger partial charge in [-0.15, -0.1) is 0 Å². The summed E-state index contributed by atoms with van der Waals surface area (Å²) in [6.45, 7) is 4.41. The van der Waals surface area contributed by atoms with Gasteiger partial charge in [0.1, 0.15) is 5.75 Å². The lowest BCUT2D eigenvalue weighted by Crippen LogP contribution is -2.43. The Labute approximate surface area is 140 Å². The average molecular weight is 328 g/mol. The molecular weight excluding hydrogens is 308 g/mol. The van der Waals surface area contributed by atoms with E-state index in [0.717, 1.165) is 16.7 Å². The quantitative estimate of drug-likeness (QED) is 0.901. The highest BCUT2D eigenvalue weighted by molar-refractivity contribution is 5.69. The molecule has 0 saturated heterocycles. The number of methoxy groups -OCH3 is 1. The van der Waals surface area contributed by atoms with Crippen LogP contribution in [0.25, 0.3) is 11.1 Å². The van der Waals surface area contributed by atoms with Crippen molar-refractivity contribution in [1.29, 1.82) is 0 Å². The van der Waals surface area contributed by atoms with Gasteiger partial charge in [-0.25, -0.2) is 9.78 Å². The molecule has 6 nitrogen and oxygen atoms in total. The highest BCUT2D eigenvalue weighted by atomic mass is 16.5. The Hall–Kier alpha value is -2.76. The maximum atomic E-state index is 11.2. The van der Waals surface area contributed by atoms with Gasteiger partial charge in [-0.3, -0.25) is 0 Å². The van der Waals surface area contributed by atoms with Gasteiger partial charge in [-0.1, -0.05) is 26.0 Å². The summed E-state index contributed by atoms with van der Waals surface area (Å²) >= 11 is 0. The third kappa shape index (κ3) is 2.99. The van der Waals surface area contributed by atoms with Crippen molar-refractivity contribution in [2.75, 3.05) is 13.7 Å². The Bertz CT molecular complexity index is 773. The van der Waals surface area contributed by atoms with Crippen molar-refractivity contribution in [2.45, 2.75) is 19.9 Å². The van der Waals surface area contributed by atoms with Crippen molar-refractivity contribution in [3.05, 3.63) is 42.1 Å². The number of aromatic nitrogens is 1. The van der Waals surface area contributed by atoms with Crippen LogP contribution in [0, 0.1) is 5.41 Å². The third-order valence-electron chi connectivity index (χ3n) is 4.25. The molecule has 0 bridgehead atoms. The van der Waals surface area contributed by atoms with E-state index in [1.165, 1.54) is 0 Å². The minimum absolute atomic E-state index is 0.320. The van der Waals surface area contributed by atoms with Crippen molar-refractivity contribution < 1.29 is 19.4 Å². The topological polar surface area (TPSA) is 80.7 Å². The predicted octanol–water partition coefficient (Wildman–Crippen LogP) is 3.48. The smallest absolute Gasteiger partial charge is 0.405 e. The van der Waals surface area contributed by atoms with E-state index in [1.807, 2.05) is 44.2 Å². The lowest BCUT2D eigenvalue weighted by atomic mass is 9.78. The summed E-state index contributed by atoms with van der Waals surface area (Å²) in [5.74, 6) is 1.24. The first-order valence-electron chi connectivity index (χ1n) is 7.67. The number of pyridine rings is 1. The largest absolute Gasteiger partial charge is 0.493 e. The number of hydrogen-bond acceptors (Lipinski definition) is 4. The van der Waals surface area contributed by atoms with E-state index >= 15 is 0 Å². The summed E-state index contributed by atoms with van der Waals surface area (Å²) < 4.78 is 11.0. The molecule has 24 heavy (non-hydrogen) atoms. The molecule has 0 radical (unpaired) electrons. The van der Waals surface area contributed by atoms with E-state index in [9.17, 15) is 4.79 Å². The second-order valence-corrected chi connectivity index (χ2v) is 6.50. The van der Waals surface area contributed by atoms with Crippen LogP contribution in [0.2, 0.25) is 0 Å². The lowest BCUT2D eigenvalue weighted by molar-refractivity contribution is 0.0996.